The first kappa shape index (κ1) is 15.9. The Labute approximate surface area is 127 Å². The first-order chi connectivity index (χ1) is 9.60. The van der Waals surface area contributed by atoms with Gasteiger partial charge in [0.1, 0.15) is 5.60 Å². The topological polar surface area (TPSA) is 56.2 Å². The van der Waals surface area contributed by atoms with Crippen LogP contribution in [0.3, 0.4) is 0 Å². The number of imidazole rings is 1. The van der Waals surface area contributed by atoms with E-state index in [4.69, 9.17) is 4.74 Å². The van der Waals surface area contributed by atoms with E-state index in [9.17, 15) is 4.79 Å². The fraction of sp³-hybridized carbons (Fsp3) is 0.750. The third-order valence-corrected chi connectivity index (χ3v) is 3.86. The van der Waals surface area contributed by atoms with Gasteiger partial charge < -0.3 is 14.6 Å². The molecule has 1 atom stereocenters. The van der Waals surface area contributed by atoms with Gasteiger partial charge in [0.25, 0.3) is 0 Å². The van der Waals surface area contributed by atoms with Crippen LogP contribution in [0.1, 0.15) is 66.1 Å². The maximum atomic E-state index is 12.0. The molecule has 1 fully saturated rings. The average molecular weight is 293 g/mol. The second-order valence-electron chi connectivity index (χ2n) is 7.52. The average Bonchev–Trinajstić information content (AvgIpc) is 3.01. The quantitative estimate of drug-likeness (QED) is 0.922. The molecular weight excluding hydrogens is 266 g/mol. The third kappa shape index (κ3) is 3.99. The zero-order valence-corrected chi connectivity index (χ0v) is 13.9. The SMILES string of the molecule is CC(C1CC1)n1cncc1C(C)(C)NC(=O)OC(C)(C)C. The number of carbonyl (C=O) groups is 1. The second kappa shape index (κ2) is 5.35. The molecule has 0 radical (unpaired) electrons. The predicted octanol–water partition coefficient (Wildman–Crippen LogP) is 3.61. The summed E-state index contributed by atoms with van der Waals surface area (Å²) in [5.74, 6) is 0.732. The molecule has 1 aromatic heterocycles. The molecule has 1 N–H and O–H groups in total. The van der Waals surface area contributed by atoms with Gasteiger partial charge in [0, 0.05) is 6.04 Å². The number of nitrogens with zero attached hydrogens (tertiary/aromatic N) is 2. The molecule has 5 heteroatoms. The van der Waals surface area contributed by atoms with Gasteiger partial charge >= 0.3 is 6.09 Å². The highest BCUT2D eigenvalue weighted by molar-refractivity contribution is 5.68. The minimum Gasteiger partial charge on any atom is -0.444 e. The van der Waals surface area contributed by atoms with Crippen LogP contribution in [-0.4, -0.2) is 21.2 Å². The Balaban J connectivity index is 2.12. The van der Waals surface area contributed by atoms with E-state index in [0.29, 0.717) is 6.04 Å². The number of aromatic nitrogens is 2. The first-order valence-corrected chi connectivity index (χ1v) is 7.63. The van der Waals surface area contributed by atoms with Gasteiger partial charge in [0.2, 0.25) is 0 Å². The zero-order chi connectivity index (χ0) is 15.8. The summed E-state index contributed by atoms with van der Waals surface area (Å²) < 4.78 is 7.53. The number of hydrogen-bond acceptors (Lipinski definition) is 3. The van der Waals surface area contributed by atoms with Crippen molar-refractivity contribution in [3.8, 4) is 0 Å². The van der Waals surface area contributed by atoms with Crippen LogP contribution in [0.15, 0.2) is 12.5 Å². The van der Waals surface area contributed by atoms with Gasteiger partial charge in [0.15, 0.2) is 0 Å². The molecule has 1 aromatic rings. The highest BCUT2D eigenvalue weighted by atomic mass is 16.6. The van der Waals surface area contributed by atoms with Gasteiger partial charge in [-0.25, -0.2) is 9.78 Å². The lowest BCUT2D eigenvalue weighted by atomic mass is 10.0. The highest BCUT2D eigenvalue weighted by Crippen LogP contribution is 2.40. The molecular formula is C16H27N3O2. The van der Waals surface area contributed by atoms with Crippen LogP contribution in [0.2, 0.25) is 0 Å². The van der Waals surface area contributed by atoms with E-state index in [1.165, 1.54) is 12.8 Å². The van der Waals surface area contributed by atoms with Crippen molar-refractivity contribution in [1.29, 1.82) is 0 Å². The molecule has 0 aliphatic heterocycles. The van der Waals surface area contributed by atoms with Crippen molar-refractivity contribution in [1.82, 2.24) is 14.9 Å². The lowest BCUT2D eigenvalue weighted by molar-refractivity contribution is 0.0466. The van der Waals surface area contributed by atoms with Crippen molar-refractivity contribution in [2.45, 2.75) is 71.6 Å². The third-order valence-electron chi connectivity index (χ3n) is 3.86. The molecule has 1 unspecified atom stereocenters. The van der Waals surface area contributed by atoms with Crippen molar-refractivity contribution in [3.63, 3.8) is 0 Å². The Morgan fingerprint density at radius 3 is 2.52 bits per heavy atom. The summed E-state index contributed by atoms with van der Waals surface area (Å²) in [6, 6.07) is 0.419. The van der Waals surface area contributed by atoms with Crippen molar-refractivity contribution in [2.24, 2.45) is 5.92 Å². The highest BCUT2D eigenvalue weighted by Gasteiger charge is 2.34. The molecule has 1 amide bonds. The van der Waals surface area contributed by atoms with Crippen molar-refractivity contribution in [3.05, 3.63) is 18.2 Å². The number of amides is 1. The van der Waals surface area contributed by atoms with Crippen LogP contribution in [0, 0.1) is 5.92 Å². The van der Waals surface area contributed by atoms with Gasteiger partial charge in [-0.1, -0.05) is 0 Å². The summed E-state index contributed by atoms with van der Waals surface area (Å²) in [6.45, 7) is 11.7. The molecule has 1 saturated carbocycles. The Bertz CT molecular complexity index is 510. The van der Waals surface area contributed by atoms with Crippen molar-refractivity contribution >= 4 is 6.09 Å². The smallest absolute Gasteiger partial charge is 0.408 e. The first-order valence-electron chi connectivity index (χ1n) is 7.63. The number of rotatable bonds is 4. The van der Waals surface area contributed by atoms with Crippen LogP contribution in [0.4, 0.5) is 4.79 Å². The summed E-state index contributed by atoms with van der Waals surface area (Å²) in [4.78, 5) is 16.3. The fourth-order valence-electron chi connectivity index (χ4n) is 2.54. The minimum absolute atomic E-state index is 0.403. The van der Waals surface area contributed by atoms with Gasteiger partial charge in [0.05, 0.1) is 23.8 Å². The predicted molar refractivity (Wildman–Crippen MR) is 82.1 cm³/mol. The maximum Gasteiger partial charge on any atom is 0.408 e. The molecule has 5 nitrogen and oxygen atoms in total. The van der Waals surface area contributed by atoms with Crippen LogP contribution in [-0.2, 0) is 10.3 Å². The van der Waals surface area contributed by atoms with Crippen molar-refractivity contribution in [2.75, 3.05) is 0 Å². The van der Waals surface area contributed by atoms with Crippen LogP contribution in [0.5, 0.6) is 0 Å². The summed E-state index contributed by atoms with van der Waals surface area (Å²) in [7, 11) is 0. The molecule has 1 aliphatic rings. The zero-order valence-electron chi connectivity index (χ0n) is 13.9. The van der Waals surface area contributed by atoms with E-state index < -0.39 is 17.2 Å². The van der Waals surface area contributed by atoms with Crippen LogP contribution < -0.4 is 5.32 Å². The standard InChI is InChI=1S/C16H27N3O2/c1-11(12-7-8-12)19-10-17-9-13(19)16(5,6)18-14(20)21-15(2,3)4/h9-12H,7-8H2,1-6H3,(H,18,20). The summed E-state index contributed by atoms with van der Waals surface area (Å²) in [5, 5.41) is 2.95. The Morgan fingerprint density at radius 1 is 1.38 bits per heavy atom. The van der Waals surface area contributed by atoms with E-state index in [-0.39, 0.29) is 0 Å². The number of alkyl carbamates (subject to hydrolysis) is 1. The maximum absolute atomic E-state index is 12.0. The molecule has 1 aliphatic carbocycles. The van der Waals surface area contributed by atoms with E-state index in [1.807, 2.05) is 47.1 Å². The molecule has 2 rings (SSSR count). The van der Waals surface area contributed by atoms with E-state index in [2.05, 4.69) is 21.8 Å². The fourth-order valence-corrected chi connectivity index (χ4v) is 2.54. The Hall–Kier alpha value is -1.52. The summed E-state index contributed by atoms with van der Waals surface area (Å²) in [6.07, 6.45) is 5.84. The Morgan fingerprint density at radius 2 is 2.00 bits per heavy atom. The number of ether oxygens (including phenoxy) is 1. The largest absolute Gasteiger partial charge is 0.444 e. The van der Waals surface area contributed by atoms with Gasteiger partial charge in [-0.05, 0) is 60.3 Å². The molecule has 0 saturated heterocycles. The molecule has 0 bridgehead atoms. The van der Waals surface area contributed by atoms with Crippen LogP contribution >= 0.6 is 0 Å². The molecule has 0 aromatic carbocycles. The van der Waals surface area contributed by atoms with Crippen molar-refractivity contribution < 1.29 is 9.53 Å². The molecule has 118 valence electrons. The minimum atomic E-state index is -0.526. The lowest BCUT2D eigenvalue weighted by Gasteiger charge is -2.30. The Kier molecular flexibility index (Phi) is 4.04. The number of carbonyl (C=O) groups excluding carboxylic acids is 1. The summed E-state index contributed by atoms with van der Waals surface area (Å²) in [5.41, 5.74) is -0.0169. The molecule has 1 heterocycles. The van der Waals surface area contributed by atoms with Crippen LogP contribution in [0.25, 0.3) is 0 Å². The number of nitrogens with one attached hydrogen (secondary N) is 1. The monoisotopic (exact) mass is 293 g/mol. The lowest BCUT2D eigenvalue weighted by Crippen LogP contribution is -2.45. The van der Waals surface area contributed by atoms with E-state index in [0.717, 1.165) is 11.6 Å². The molecule has 0 spiro atoms. The second-order valence-corrected chi connectivity index (χ2v) is 7.52. The molecule has 21 heavy (non-hydrogen) atoms. The number of hydrogen-bond donors (Lipinski definition) is 1. The normalized spacial score (nSPS) is 17.4. The van der Waals surface area contributed by atoms with E-state index in [1.54, 1.807) is 0 Å². The van der Waals surface area contributed by atoms with E-state index >= 15 is 0 Å². The van der Waals surface area contributed by atoms with Gasteiger partial charge in [-0.3, -0.25) is 0 Å². The van der Waals surface area contributed by atoms with Gasteiger partial charge in [-0.15, -0.1) is 0 Å². The summed E-state index contributed by atoms with van der Waals surface area (Å²) >= 11 is 0. The van der Waals surface area contributed by atoms with Gasteiger partial charge in [-0.2, -0.15) is 0 Å².